The maximum Gasteiger partial charge on any atom is 0.227 e. The monoisotopic (exact) mass is 327 g/mol. The predicted molar refractivity (Wildman–Crippen MR) is 94.8 cm³/mol. The van der Waals surface area contributed by atoms with E-state index in [4.69, 9.17) is 0 Å². The van der Waals surface area contributed by atoms with Gasteiger partial charge in [-0.25, -0.2) is 0 Å². The van der Waals surface area contributed by atoms with Crippen LogP contribution in [-0.4, -0.2) is 52.8 Å². The van der Waals surface area contributed by atoms with Crippen molar-refractivity contribution in [2.45, 2.75) is 33.1 Å². The molecular formula is C19H25N3O2. The van der Waals surface area contributed by atoms with E-state index in [0.717, 1.165) is 28.6 Å². The lowest BCUT2D eigenvalue weighted by molar-refractivity contribution is -0.139. The van der Waals surface area contributed by atoms with Crippen molar-refractivity contribution in [3.8, 4) is 0 Å². The minimum Gasteiger partial charge on any atom is -0.358 e. The summed E-state index contributed by atoms with van der Waals surface area (Å²) in [5.74, 6) is 0.350. The second kappa shape index (κ2) is 7.07. The molecule has 0 spiro atoms. The van der Waals surface area contributed by atoms with E-state index in [1.54, 1.807) is 0 Å². The highest BCUT2D eigenvalue weighted by molar-refractivity contribution is 5.90. The van der Waals surface area contributed by atoms with Gasteiger partial charge in [0.25, 0.3) is 0 Å². The number of para-hydroxylation sites is 1. The van der Waals surface area contributed by atoms with E-state index in [1.807, 2.05) is 41.8 Å². The van der Waals surface area contributed by atoms with E-state index in [1.165, 1.54) is 0 Å². The second-order valence-corrected chi connectivity index (χ2v) is 6.46. The molecule has 128 valence electrons. The molecule has 1 fully saturated rings. The van der Waals surface area contributed by atoms with Crippen molar-refractivity contribution in [3.63, 3.8) is 0 Å². The number of H-pyrrole nitrogens is 1. The summed E-state index contributed by atoms with van der Waals surface area (Å²) in [6, 6.07) is 8.09. The summed E-state index contributed by atoms with van der Waals surface area (Å²) < 4.78 is 0. The lowest BCUT2D eigenvalue weighted by atomic mass is 10.1. The molecular weight excluding hydrogens is 302 g/mol. The summed E-state index contributed by atoms with van der Waals surface area (Å²) in [5.41, 5.74) is 3.22. The van der Waals surface area contributed by atoms with Crippen molar-refractivity contribution in [1.29, 1.82) is 0 Å². The zero-order valence-electron chi connectivity index (χ0n) is 14.5. The van der Waals surface area contributed by atoms with Crippen LogP contribution in [0.2, 0.25) is 0 Å². The number of nitrogens with zero attached hydrogens (tertiary/aromatic N) is 2. The van der Waals surface area contributed by atoms with Gasteiger partial charge in [0.2, 0.25) is 11.8 Å². The Morgan fingerprint density at radius 1 is 1.04 bits per heavy atom. The largest absolute Gasteiger partial charge is 0.358 e. The third kappa shape index (κ3) is 3.30. The molecule has 0 unspecified atom stereocenters. The second-order valence-electron chi connectivity index (χ2n) is 6.46. The maximum absolute atomic E-state index is 12.7. The van der Waals surface area contributed by atoms with Crippen LogP contribution in [0.4, 0.5) is 0 Å². The van der Waals surface area contributed by atoms with Gasteiger partial charge in [0.1, 0.15) is 0 Å². The number of aromatic amines is 1. The summed E-state index contributed by atoms with van der Waals surface area (Å²) in [5, 5.41) is 1.13. The fourth-order valence-corrected chi connectivity index (χ4v) is 3.40. The minimum atomic E-state index is 0.144. The van der Waals surface area contributed by atoms with Gasteiger partial charge in [-0.2, -0.15) is 0 Å². The molecule has 2 aromatic rings. The average Bonchev–Trinajstić information content (AvgIpc) is 2.91. The molecule has 0 radical (unpaired) electrons. The number of piperazine rings is 1. The normalized spacial score (nSPS) is 15.1. The van der Waals surface area contributed by atoms with Crippen LogP contribution in [0.1, 0.15) is 31.0 Å². The standard InChI is InChI=1S/C19H25N3O2/c1-3-6-18(23)21-9-11-22(12-10-21)19(24)13-16-14(2)20-17-8-5-4-7-15(16)17/h4-5,7-8,20H,3,6,9-13H2,1-2H3. The zero-order valence-corrected chi connectivity index (χ0v) is 14.5. The Morgan fingerprint density at radius 3 is 2.33 bits per heavy atom. The van der Waals surface area contributed by atoms with Gasteiger partial charge in [-0.3, -0.25) is 9.59 Å². The zero-order chi connectivity index (χ0) is 17.1. The van der Waals surface area contributed by atoms with Crippen LogP contribution in [0.15, 0.2) is 24.3 Å². The van der Waals surface area contributed by atoms with Crippen molar-refractivity contribution in [2.24, 2.45) is 0 Å². The first-order valence-electron chi connectivity index (χ1n) is 8.72. The van der Waals surface area contributed by atoms with Gasteiger partial charge in [-0.1, -0.05) is 25.1 Å². The van der Waals surface area contributed by atoms with Gasteiger partial charge >= 0.3 is 0 Å². The molecule has 0 saturated carbocycles. The number of nitrogens with one attached hydrogen (secondary N) is 1. The van der Waals surface area contributed by atoms with E-state index in [2.05, 4.69) is 11.1 Å². The quantitative estimate of drug-likeness (QED) is 0.938. The van der Waals surface area contributed by atoms with Gasteiger partial charge in [-0.15, -0.1) is 0 Å². The molecule has 3 rings (SSSR count). The first-order valence-corrected chi connectivity index (χ1v) is 8.72. The maximum atomic E-state index is 12.7. The van der Waals surface area contributed by atoms with Crippen LogP contribution in [0.25, 0.3) is 10.9 Å². The first kappa shape index (κ1) is 16.6. The number of rotatable bonds is 4. The highest BCUT2D eigenvalue weighted by Gasteiger charge is 2.24. The number of aryl methyl sites for hydroxylation is 1. The minimum absolute atomic E-state index is 0.144. The SMILES string of the molecule is CCCC(=O)N1CCN(C(=O)Cc2c(C)[nH]c3ccccc23)CC1. The molecule has 0 aliphatic carbocycles. The van der Waals surface area contributed by atoms with Crippen LogP contribution in [-0.2, 0) is 16.0 Å². The van der Waals surface area contributed by atoms with E-state index >= 15 is 0 Å². The van der Waals surface area contributed by atoms with Gasteiger partial charge in [-0.05, 0) is 25.0 Å². The van der Waals surface area contributed by atoms with Crippen LogP contribution in [0, 0.1) is 6.92 Å². The summed E-state index contributed by atoms with van der Waals surface area (Å²) >= 11 is 0. The Morgan fingerprint density at radius 2 is 1.67 bits per heavy atom. The molecule has 1 aromatic heterocycles. The lowest BCUT2D eigenvalue weighted by Crippen LogP contribution is -2.50. The van der Waals surface area contributed by atoms with Gasteiger partial charge in [0.15, 0.2) is 0 Å². The number of amides is 2. The average molecular weight is 327 g/mol. The molecule has 2 heterocycles. The Hall–Kier alpha value is -2.30. The molecule has 24 heavy (non-hydrogen) atoms. The number of carbonyl (C=O) groups excluding carboxylic acids is 2. The van der Waals surface area contributed by atoms with Crippen LogP contribution >= 0.6 is 0 Å². The Balaban J connectivity index is 1.64. The van der Waals surface area contributed by atoms with Gasteiger partial charge in [0.05, 0.1) is 6.42 Å². The molecule has 1 N–H and O–H groups in total. The molecule has 5 heteroatoms. The topological polar surface area (TPSA) is 56.4 Å². The van der Waals surface area contributed by atoms with Gasteiger partial charge in [0, 0.05) is 49.2 Å². The van der Waals surface area contributed by atoms with E-state index < -0.39 is 0 Å². The Labute approximate surface area is 142 Å². The molecule has 1 aliphatic heterocycles. The molecule has 1 aliphatic rings. The van der Waals surface area contributed by atoms with Crippen molar-refractivity contribution >= 4 is 22.7 Å². The van der Waals surface area contributed by atoms with Crippen molar-refractivity contribution < 1.29 is 9.59 Å². The number of fused-ring (bicyclic) bond motifs is 1. The van der Waals surface area contributed by atoms with Gasteiger partial charge < -0.3 is 14.8 Å². The lowest BCUT2D eigenvalue weighted by Gasteiger charge is -2.35. The Kier molecular flexibility index (Phi) is 4.88. The number of aromatic nitrogens is 1. The third-order valence-corrected chi connectivity index (χ3v) is 4.80. The fourth-order valence-electron chi connectivity index (χ4n) is 3.40. The van der Waals surface area contributed by atoms with E-state index in [-0.39, 0.29) is 11.8 Å². The van der Waals surface area contributed by atoms with Crippen molar-refractivity contribution in [1.82, 2.24) is 14.8 Å². The highest BCUT2D eigenvalue weighted by atomic mass is 16.2. The number of carbonyl (C=O) groups is 2. The third-order valence-electron chi connectivity index (χ3n) is 4.80. The fraction of sp³-hybridized carbons (Fsp3) is 0.474. The molecule has 1 aromatic carbocycles. The van der Waals surface area contributed by atoms with Crippen LogP contribution < -0.4 is 0 Å². The Bertz CT molecular complexity index is 742. The van der Waals surface area contributed by atoms with E-state index in [0.29, 0.717) is 39.0 Å². The number of hydrogen-bond donors (Lipinski definition) is 1. The smallest absolute Gasteiger partial charge is 0.227 e. The number of hydrogen-bond acceptors (Lipinski definition) is 2. The van der Waals surface area contributed by atoms with E-state index in [9.17, 15) is 9.59 Å². The van der Waals surface area contributed by atoms with Crippen molar-refractivity contribution in [3.05, 3.63) is 35.5 Å². The predicted octanol–water partition coefficient (Wildman–Crippen LogP) is 2.49. The molecule has 5 nitrogen and oxygen atoms in total. The highest BCUT2D eigenvalue weighted by Crippen LogP contribution is 2.23. The molecule has 0 atom stereocenters. The first-order chi connectivity index (χ1) is 11.6. The molecule has 1 saturated heterocycles. The van der Waals surface area contributed by atoms with Crippen LogP contribution in [0.5, 0.6) is 0 Å². The number of benzene rings is 1. The summed E-state index contributed by atoms with van der Waals surface area (Å²) in [6.07, 6.45) is 1.89. The summed E-state index contributed by atoms with van der Waals surface area (Å²) in [6.45, 7) is 6.60. The molecule has 2 amide bonds. The van der Waals surface area contributed by atoms with Crippen LogP contribution in [0.3, 0.4) is 0 Å². The molecule has 0 bridgehead atoms. The summed E-state index contributed by atoms with van der Waals surface area (Å²) in [7, 11) is 0. The summed E-state index contributed by atoms with van der Waals surface area (Å²) in [4.78, 5) is 31.7. The van der Waals surface area contributed by atoms with Crippen molar-refractivity contribution in [2.75, 3.05) is 26.2 Å².